The lowest BCUT2D eigenvalue weighted by atomic mass is 9.98. The second-order valence-corrected chi connectivity index (χ2v) is 4.24. The number of hydrogen-bond acceptors (Lipinski definition) is 2. The van der Waals surface area contributed by atoms with E-state index in [1.165, 1.54) is 6.07 Å². The zero-order chi connectivity index (χ0) is 13.1. The molecular formula is C14H13ClFNO. The topological polar surface area (TPSA) is 35.2 Å². The van der Waals surface area contributed by atoms with Gasteiger partial charge < -0.3 is 10.5 Å². The Morgan fingerprint density at radius 1 is 1.11 bits per heavy atom. The van der Waals surface area contributed by atoms with Crippen molar-refractivity contribution < 1.29 is 9.13 Å². The molecule has 0 heterocycles. The van der Waals surface area contributed by atoms with Gasteiger partial charge in [0.2, 0.25) is 0 Å². The summed E-state index contributed by atoms with van der Waals surface area (Å²) in [6.45, 7) is 0. The maximum atomic E-state index is 13.4. The maximum Gasteiger partial charge on any atom is 0.142 e. The van der Waals surface area contributed by atoms with Gasteiger partial charge in [0.1, 0.15) is 11.6 Å². The summed E-state index contributed by atoms with van der Waals surface area (Å²) in [6.07, 6.45) is 0. The Morgan fingerprint density at radius 2 is 1.78 bits per heavy atom. The van der Waals surface area contributed by atoms with Crippen LogP contribution in [0.1, 0.15) is 17.2 Å². The van der Waals surface area contributed by atoms with Crippen molar-refractivity contribution in [1.82, 2.24) is 0 Å². The molecule has 0 aromatic heterocycles. The number of methoxy groups -OCH3 is 1. The van der Waals surface area contributed by atoms with E-state index in [2.05, 4.69) is 0 Å². The molecule has 0 fully saturated rings. The molecule has 94 valence electrons. The fraction of sp³-hybridized carbons (Fsp3) is 0.143. The van der Waals surface area contributed by atoms with E-state index >= 15 is 0 Å². The Labute approximate surface area is 110 Å². The fourth-order valence-electron chi connectivity index (χ4n) is 1.85. The first-order valence-electron chi connectivity index (χ1n) is 5.47. The molecule has 4 heteroatoms. The van der Waals surface area contributed by atoms with Crippen LogP contribution in [-0.4, -0.2) is 7.11 Å². The molecule has 0 radical (unpaired) electrons. The molecule has 2 nitrogen and oxygen atoms in total. The number of nitrogens with two attached hydrogens (primary N) is 1. The number of hydrogen-bond donors (Lipinski definition) is 1. The second-order valence-electron chi connectivity index (χ2n) is 3.86. The third kappa shape index (κ3) is 2.33. The van der Waals surface area contributed by atoms with Gasteiger partial charge in [-0.15, -0.1) is 0 Å². The van der Waals surface area contributed by atoms with Crippen LogP contribution in [0.25, 0.3) is 0 Å². The highest BCUT2D eigenvalue weighted by molar-refractivity contribution is 6.31. The van der Waals surface area contributed by atoms with Gasteiger partial charge in [0.25, 0.3) is 0 Å². The molecule has 0 aliphatic heterocycles. The summed E-state index contributed by atoms with van der Waals surface area (Å²) in [5, 5.41) is 0.0518. The quantitative estimate of drug-likeness (QED) is 0.921. The fourth-order valence-corrected chi connectivity index (χ4v) is 2.10. The van der Waals surface area contributed by atoms with Gasteiger partial charge in [0.15, 0.2) is 0 Å². The van der Waals surface area contributed by atoms with Crippen molar-refractivity contribution in [3.63, 3.8) is 0 Å². The smallest absolute Gasteiger partial charge is 0.142 e. The lowest BCUT2D eigenvalue weighted by Gasteiger charge is -2.17. The number of para-hydroxylation sites is 1. The molecule has 0 spiro atoms. The molecule has 2 aromatic rings. The molecule has 0 bridgehead atoms. The molecule has 1 unspecified atom stereocenters. The van der Waals surface area contributed by atoms with E-state index in [4.69, 9.17) is 22.1 Å². The summed E-state index contributed by atoms with van der Waals surface area (Å²) in [5.41, 5.74) is 7.44. The molecule has 2 rings (SSSR count). The van der Waals surface area contributed by atoms with Crippen LogP contribution in [0.15, 0.2) is 42.5 Å². The van der Waals surface area contributed by atoms with Crippen molar-refractivity contribution in [2.45, 2.75) is 6.04 Å². The number of rotatable bonds is 3. The molecule has 0 amide bonds. The van der Waals surface area contributed by atoms with Gasteiger partial charge in [-0.3, -0.25) is 0 Å². The van der Waals surface area contributed by atoms with Crippen LogP contribution in [-0.2, 0) is 0 Å². The average molecular weight is 266 g/mol. The lowest BCUT2D eigenvalue weighted by molar-refractivity contribution is 0.408. The predicted octanol–water partition coefficient (Wildman–Crippen LogP) is 3.54. The molecule has 0 aliphatic carbocycles. The van der Waals surface area contributed by atoms with Crippen LogP contribution in [0, 0.1) is 5.82 Å². The highest BCUT2D eigenvalue weighted by Crippen LogP contribution is 2.32. The molecule has 2 N–H and O–H groups in total. The molecule has 2 aromatic carbocycles. The third-order valence-corrected chi connectivity index (χ3v) is 3.19. The Morgan fingerprint density at radius 3 is 2.50 bits per heavy atom. The van der Waals surface area contributed by atoms with Crippen LogP contribution in [0.2, 0.25) is 5.02 Å². The Balaban J connectivity index is 2.48. The van der Waals surface area contributed by atoms with Crippen LogP contribution in [0.4, 0.5) is 4.39 Å². The van der Waals surface area contributed by atoms with E-state index in [0.717, 1.165) is 5.56 Å². The molecule has 0 saturated heterocycles. The van der Waals surface area contributed by atoms with Gasteiger partial charge in [0.05, 0.1) is 18.2 Å². The summed E-state index contributed by atoms with van der Waals surface area (Å²) in [7, 11) is 1.57. The molecule has 0 aliphatic rings. The molecule has 18 heavy (non-hydrogen) atoms. The first kappa shape index (κ1) is 12.9. The van der Waals surface area contributed by atoms with Crippen molar-refractivity contribution in [3.05, 3.63) is 64.4 Å². The van der Waals surface area contributed by atoms with E-state index < -0.39 is 11.9 Å². The summed E-state index contributed by atoms with van der Waals surface area (Å²) in [4.78, 5) is 0. The first-order chi connectivity index (χ1) is 8.65. The Kier molecular flexibility index (Phi) is 3.84. The second kappa shape index (κ2) is 5.38. The van der Waals surface area contributed by atoms with Gasteiger partial charge in [0, 0.05) is 5.56 Å². The van der Waals surface area contributed by atoms with Gasteiger partial charge in [-0.1, -0.05) is 41.9 Å². The Bertz CT molecular complexity index is 559. The number of benzene rings is 2. The maximum absolute atomic E-state index is 13.4. The highest BCUT2D eigenvalue weighted by atomic mass is 35.5. The summed E-state index contributed by atoms with van der Waals surface area (Å²) < 4.78 is 18.7. The van der Waals surface area contributed by atoms with E-state index in [9.17, 15) is 4.39 Å². The summed E-state index contributed by atoms with van der Waals surface area (Å²) in [5.74, 6) is 0.185. The summed E-state index contributed by atoms with van der Waals surface area (Å²) >= 11 is 5.94. The SMILES string of the molecule is COc1ccccc1C(N)c1cccc(F)c1Cl. The molecular weight excluding hydrogens is 253 g/mol. The monoisotopic (exact) mass is 265 g/mol. The van der Waals surface area contributed by atoms with Crippen LogP contribution in [0.5, 0.6) is 5.75 Å². The lowest BCUT2D eigenvalue weighted by Crippen LogP contribution is -2.14. The van der Waals surface area contributed by atoms with Crippen molar-refractivity contribution in [3.8, 4) is 5.75 Å². The largest absolute Gasteiger partial charge is 0.496 e. The van der Waals surface area contributed by atoms with Crippen LogP contribution in [0.3, 0.4) is 0 Å². The van der Waals surface area contributed by atoms with E-state index in [-0.39, 0.29) is 5.02 Å². The predicted molar refractivity (Wildman–Crippen MR) is 70.4 cm³/mol. The van der Waals surface area contributed by atoms with Crippen LogP contribution < -0.4 is 10.5 Å². The minimum Gasteiger partial charge on any atom is -0.496 e. The number of ether oxygens (including phenoxy) is 1. The minimum absolute atomic E-state index is 0.0518. The van der Waals surface area contributed by atoms with Crippen LogP contribution >= 0.6 is 11.6 Å². The van der Waals surface area contributed by atoms with Crippen molar-refractivity contribution in [2.24, 2.45) is 5.73 Å². The van der Waals surface area contributed by atoms with Crippen molar-refractivity contribution >= 4 is 11.6 Å². The minimum atomic E-state index is -0.524. The Hall–Kier alpha value is -1.58. The number of halogens is 2. The van der Waals surface area contributed by atoms with E-state index in [1.807, 2.05) is 24.3 Å². The normalized spacial score (nSPS) is 12.2. The van der Waals surface area contributed by atoms with E-state index in [0.29, 0.717) is 11.3 Å². The van der Waals surface area contributed by atoms with Gasteiger partial charge in [-0.25, -0.2) is 4.39 Å². The first-order valence-corrected chi connectivity index (χ1v) is 5.85. The van der Waals surface area contributed by atoms with Crippen molar-refractivity contribution in [2.75, 3.05) is 7.11 Å². The zero-order valence-corrected chi connectivity index (χ0v) is 10.6. The zero-order valence-electron chi connectivity index (χ0n) is 9.86. The van der Waals surface area contributed by atoms with Gasteiger partial charge >= 0.3 is 0 Å². The van der Waals surface area contributed by atoms with Crippen molar-refractivity contribution in [1.29, 1.82) is 0 Å². The van der Waals surface area contributed by atoms with Gasteiger partial charge in [-0.05, 0) is 17.7 Å². The average Bonchev–Trinajstić information content (AvgIpc) is 2.41. The molecule has 0 saturated carbocycles. The highest BCUT2D eigenvalue weighted by Gasteiger charge is 2.17. The van der Waals surface area contributed by atoms with E-state index in [1.54, 1.807) is 19.2 Å². The summed E-state index contributed by atoms with van der Waals surface area (Å²) in [6, 6.07) is 11.4. The molecule has 1 atom stereocenters. The third-order valence-electron chi connectivity index (χ3n) is 2.79. The van der Waals surface area contributed by atoms with Gasteiger partial charge in [-0.2, -0.15) is 0 Å². The standard InChI is InChI=1S/C14H13ClFNO/c1-18-12-8-3-2-5-9(12)14(17)10-6-4-7-11(16)13(10)15/h2-8,14H,17H2,1H3.